The van der Waals surface area contributed by atoms with Crippen LogP contribution in [0, 0.1) is 21.8 Å². The van der Waals surface area contributed by atoms with Crippen LogP contribution in [0.4, 0.5) is 10.1 Å². The number of nitro benzene ring substituents is 1. The second-order valence-electron chi connectivity index (χ2n) is 5.14. The van der Waals surface area contributed by atoms with Crippen LogP contribution >= 0.6 is 0 Å². The normalized spacial score (nSPS) is 24.0. The number of piperidine rings is 1. The summed E-state index contributed by atoms with van der Waals surface area (Å²) in [6, 6.07) is 2.70. The Bertz CT molecular complexity index is 664. The van der Waals surface area contributed by atoms with Crippen molar-refractivity contribution >= 4 is 15.7 Å². The minimum atomic E-state index is -4.14. The van der Waals surface area contributed by atoms with Gasteiger partial charge in [-0.05, 0) is 24.5 Å². The topological polar surface area (TPSA) is 107 Å². The van der Waals surface area contributed by atoms with Gasteiger partial charge in [0.15, 0.2) is 4.90 Å². The standard InChI is InChI=1S/C12H16FN3O4S/c1-8-5-6-15(7-10(8)14)21(19,20)11-4-2-3-9(13)12(11)16(17)18/h2-4,8,10H,5-7,14H2,1H3. The molecule has 1 aromatic carbocycles. The summed E-state index contributed by atoms with van der Waals surface area (Å²) in [7, 11) is -4.14. The maximum Gasteiger partial charge on any atom is 0.324 e. The number of nitrogens with two attached hydrogens (primary N) is 1. The summed E-state index contributed by atoms with van der Waals surface area (Å²) in [5.41, 5.74) is 4.83. The minimum Gasteiger partial charge on any atom is -0.326 e. The van der Waals surface area contributed by atoms with Crippen LogP contribution < -0.4 is 5.73 Å². The minimum absolute atomic E-state index is 0.0666. The summed E-state index contributed by atoms with van der Waals surface area (Å²) in [4.78, 5) is 9.30. The summed E-state index contributed by atoms with van der Waals surface area (Å²) in [5, 5.41) is 10.9. The molecule has 1 saturated heterocycles. The van der Waals surface area contributed by atoms with Crippen LogP contribution in [0.3, 0.4) is 0 Å². The first-order valence-corrected chi connectivity index (χ1v) is 7.87. The van der Waals surface area contributed by atoms with Crippen molar-refractivity contribution in [1.82, 2.24) is 4.31 Å². The fourth-order valence-corrected chi connectivity index (χ4v) is 3.97. The lowest BCUT2D eigenvalue weighted by Crippen LogP contribution is -2.49. The lowest BCUT2D eigenvalue weighted by atomic mass is 9.96. The van der Waals surface area contributed by atoms with Crippen molar-refractivity contribution in [2.75, 3.05) is 13.1 Å². The number of halogens is 1. The van der Waals surface area contributed by atoms with Gasteiger partial charge in [-0.25, -0.2) is 8.42 Å². The molecular weight excluding hydrogens is 301 g/mol. The second-order valence-corrected chi connectivity index (χ2v) is 7.04. The van der Waals surface area contributed by atoms with Gasteiger partial charge in [-0.15, -0.1) is 0 Å². The van der Waals surface area contributed by atoms with E-state index in [4.69, 9.17) is 5.73 Å². The highest BCUT2D eigenvalue weighted by Gasteiger charge is 2.37. The van der Waals surface area contributed by atoms with E-state index in [0.717, 1.165) is 22.5 Å². The van der Waals surface area contributed by atoms with Crippen molar-refractivity contribution in [3.63, 3.8) is 0 Å². The van der Waals surface area contributed by atoms with Gasteiger partial charge in [0.2, 0.25) is 15.8 Å². The van der Waals surface area contributed by atoms with Crippen LogP contribution in [0.25, 0.3) is 0 Å². The first-order chi connectivity index (χ1) is 9.75. The van der Waals surface area contributed by atoms with Gasteiger partial charge in [0.05, 0.1) is 4.92 Å². The Labute approximate surface area is 121 Å². The smallest absolute Gasteiger partial charge is 0.324 e. The van der Waals surface area contributed by atoms with E-state index < -0.39 is 31.3 Å². The molecule has 1 aliphatic rings. The van der Waals surface area contributed by atoms with Crippen molar-refractivity contribution in [3.05, 3.63) is 34.1 Å². The van der Waals surface area contributed by atoms with Gasteiger partial charge in [-0.1, -0.05) is 13.0 Å². The fraction of sp³-hybridized carbons (Fsp3) is 0.500. The third-order valence-electron chi connectivity index (χ3n) is 3.73. The number of benzene rings is 1. The maximum absolute atomic E-state index is 13.6. The lowest BCUT2D eigenvalue weighted by molar-refractivity contribution is -0.390. The number of nitro groups is 1. The Kier molecular flexibility index (Phi) is 4.26. The van der Waals surface area contributed by atoms with Crippen LogP contribution in [0.15, 0.2) is 23.1 Å². The van der Waals surface area contributed by atoms with Gasteiger partial charge in [0, 0.05) is 19.1 Å². The monoisotopic (exact) mass is 317 g/mol. The molecule has 1 aromatic rings. The molecular formula is C12H16FN3O4S. The quantitative estimate of drug-likeness (QED) is 0.663. The van der Waals surface area contributed by atoms with Crippen LogP contribution in [0.2, 0.25) is 0 Å². The average molecular weight is 317 g/mol. The molecule has 1 fully saturated rings. The first kappa shape index (κ1) is 15.8. The van der Waals surface area contributed by atoms with Crippen LogP contribution in [0.1, 0.15) is 13.3 Å². The van der Waals surface area contributed by atoms with Gasteiger partial charge in [0.25, 0.3) is 0 Å². The van der Waals surface area contributed by atoms with E-state index in [-0.39, 0.29) is 25.0 Å². The molecule has 0 aromatic heterocycles. The number of hydrogen-bond donors (Lipinski definition) is 1. The molecule has 0 spiro atoms. The molecule has 0 radical (unpaired) electrons. The molecule has 9 heteroatoms. The largest absolute Gasteiger partial charge is 0.326 e. The summed E-state index contributed by atoms with van der Waals surface area (Å²) < 4.78 is 39.7. The summed E-state index contributed by atoms with van der Waals surface area (Å²) in [6.45, 7) is 2.20. The molecule has 116 valence electrons. The zero-order valence-corrected chi connectivity index (χ0v) is 12.2. The molecule has 2 atom stereocenters. The van der Waals surface area contributed by atoms with E-state index >= 15 is 0 Å². The fourth-order valence-electron chi connectivity index (χ4n) is 2.31. The molecule has 2 rings (SSSR count). The van der Waals surface area contributed by atoms with Gasteiger partial charge in [-0.2, -0.15) is 8.70 Å². The third-order valence-corrected chi connectivity index (χ3v) is 5.63. The zero-order chi connectivity index (χ0) is 15.8. The highest BCUT2D eigenvalue weighted by atomic mass is 32.2. The lowest BCUT2D eigenvalue weighted by Gasteiger charge is -2.34. The average Bonchev–Trinajstić information content (AvgIpc) is 2.41. The van der Waals surface area contributed by atoms with Crippen molar-refractivity contribution in [3.8, 4) is 0 Å². The number of para-hydroxylation sites is 1. The third kappa shape index (κ3) is 2.89. The molecule has 0 aliphatic carbocycles. The molecule has 7 nitrogen and oxygen atoms in total. The summed E-state index contributed by atoms with van der Waals surface area (Å²) in [6.07, 6.45) is 0.559. The van der Waals surface area contributed by atoms with Crippen molar-refractivity contribution in [1.29, 1.82) is 0 Å². The predicted molar refractivity (Wildman–Crippen MR) is 73.6 cm³/mol. The van der Waals surface area contributed by atoms with Gasteiger partial charge >= 0.3 is 5.69 Å². The molecule has 1 aliphatic heterocycles. The molecule has 21 heavy (non-hydrogen) atoms. The van der Waals surface area contributed by atoms with Gasteiger partial charge in [-0.3, -0.25) is 10.1 Å². The molecule has 0 saturated carbocycles. The van der Waals surface area contributed by atoms with Crippen LogP contribution in [-0.4, -0.2) is 36.8 Å². The molecule has 1 heterocycles. The SMILES string of the molecule is CC1CCN(S(=O)(=O)c2cccc(F)c2[N+](=O)[O-])CC1N. The van der Waals surface area contributed by atoms with E-state index in [1.807, 2.05) is 6.92 Å². The Hall–Kier alpha value is -1.58. The van der Waals surface area contributed by atoms with Crippen molar-refractivity contribution in [2.45, 2.75) is 24.3 Å². The number of sulfonamides is 1. The van der Waals surface area contributed by atoms with E-state index in [2.05, 4.69) is 0 Å². The molecule has 0 bridgehead atoms. The number of hydrogen-bond acceptors (Lipinski definition) is 5. The van der Waals surface area contributed by atoms with Gasteiger partial charge in [0.1, 0.15) is 0 Å². The molecule has 0 amide bonds. The molecule has 2 unspecified atom stereocenters. The maximum atomic E-state index is 13.6. The molecule has 2 N–H and O–H groups in total. The van der Waals surface area contributed by atoms with Crippen molar-refractivity contribution in [2.24, 2.45) is 11.7 Å². The Morgan fingerprint density at radius 1 is 1.48 bits per heavy atom. The van der Waals surface area contributed by atoms with Crippen LogP contribution in [-0.2, 0) is 10.0 Å². The van der Waals surface area contributed by atoms with E-state index in [1.165, 1.54) is 0 Å². The van der Waals surface area contributed by atoms with E-state index in [9.17, 15) is 22.9 Å². The number of nitrogens with zero attached hydrogens (tertiary/aromatic N) is 2. The summed E-state index contributed by atoms with van der Waals surface area (Å²) >= 11 is 0. The predicted octanol–water partition coefficient (Wildman–Crippen LogP) is 1.09. The Morgan fingerprint density at radius 2 is 2.14 bits per heavy atom. The van der Waals surface area contributed by atoms with Gasteiger partial charge < -0.3 is 5.73 Å². The number of rotatable bonds is 3. The highest BCUT2D eigenvalue weighted by Crippen LogP contribution is 2.31. The Balaban J connectivity index is 2.46. The first-order valence-electron chi connectivity index (χ1n) is 6.43. The van der Waals surface area contributed by atoms with Crippen molar-refractivity contribution < 1.29 is 17.7 Å². The zero-order valence-electron chi connectivity index (χ0n) is 11.4. The van der Waals surface area contributed by atoms with Crippen LogP contribution in [0.5, 0.6) is 0 Å². The van der Waals surface area contributed by atoms with E-state index in [1.54, 1.807) is 0 Å². The Morgan fingerprint density at radius 3 is 2.71 bits per heavy atom. The van der Waals surface area contributed by atoms with E-state index in [0.29, 0.717) is 6.42 Å². The highest BCUT2D eigenvalue weighted by molar-refractivity contribution is 7.89. The second kappa shape index (κ2) is 5.66. The summed E-state index contributed by atoms with van der Waals surface area (Å²) in [5.74, 6) is -1.00.